The van der Waals surface area contributed by atoms with Gasteiger partial charge in [0.2, 0.25) is 0 Å². The Kier molecular flexibility index (Phi) is 13.2. The minimum atomic E-state index is -0.527. The van der Waals surface area contributed by atoms with Gasteiger partial charge in [0, 0.05) is 12.2 Å². The summed E-state index contributed by atoms with van der Waals surface area (Å²) in [6, 6.07) is 22.2. The number of carbonyl (C=O) groups is 3. The first kappa shape index (κ1) is 29.6. The Hall–Kier alpha value is -4.65. The van der Waals surface area contributed by atoms with Gasteiger partial charge in [-0.15, -0.1) is 0 Å². The van der Waals surface area contributed by atoms with Crippen LogP contribution in [0, 0.1) is 0 Å². The van der Waals surface area contributed by atoms with Crippen LogP contribution in [0.1, 0.15) is 42.6 Å². The molecule has 0 atom stereocenters. The fourth-order valence-electron chi connectivity index (χ4n) is 2.93. The summed E-state index contributed by atoms with van der Waals surface area (Å²) >= 11 is 0. The van der Waals surface area contributed by atoms with E-state index in [1.165, 1.54) is 6.08 Å². The van der Waals surface area contributed by atoms with Gasteiger partial charge < -0.3 is 18.9 Å². The minimum Gasteiger partial charge on any atom is -0.494 e. The van der Waals surface area contributed by atoms with Crippen LogP contribution < -0.4 is 14.2 Å². The first-order chi connectivity index (χ1) is 18.5. The van der Waals surface area contributed by atoms with Gasteiger partial charge in [-0.05, 0) is 73.0 Å². The Bertz CT molecular complexity index is 1180. The van der Waals surface area contributed by atoms with Crippen LogP contribution in [0.3, 0.4) is 0 Å². The van der Waals surface area contributed by atoms with Crippen molar-refractivity contribution in [1.82, 2.24) is 0 Å². The molecule has 7 heteroatoms. The van der Waals surface area contributed by atoms with Crippen LogP contribution >= 0.6 is 0 Å². The summed E-state index contributed by atoms with van der Waals surface area (Å²) in [6.07, 6.45) is 5.52. The van der Waals surface area contributed by atoms with Crippen molar-refractivity contribution >= 4 is 24.0 Å². The summed E-state index contributed by atoms with van der Waals surface area (Å²) in [4.78, 5) is 35.4. The molecule has 0 aliphatic rings. The van der Waals surface area contributed by atoms with Crippen molar-refractivity contribution in [2.24, 2.45) is 0 Å². The standard InChI is InChI=1S/C29H26O7.C2H6/c1-2-27(30)34-21-7-6-20-33-24-13-11-23(12-14-24)29(32)36-26-17-15-25(16-18-26)35-28(31)19-10-22-8-4-3-5-9-22;1-2/h2-5,8-19H,1,6-7,20-21H2;1-2H3/b19-10+;. The minimum absolute atomic E-state index is 0.313. The molecule has 0 fully saturated rings. The molecule has 3 rings (SSSR count). The predicted octanol–water partition coefficient (Wildman–Crippen LogP) is 6.44. The van der Waals surface area contributed by atoms with Crippen LogP contribution in [0.5, 0.6) is 17.2 Å². The van der Waals surface area contributed by atoms with Crippen LogP contribution in [0.25, 0.3) is 6.08 Å². The maximum atomic E-state index is 12.4. The van der Waals surface area contributed by atoms with E-state index in [1.807, 2.05) is 44.2 Å². The zero-order valence-corrected chi connectivity index (χ0v) is 21.6. The summed E-state index contributed by atoms with van der Waals surface area (Å²) in [5.74, 6) is -0.218. The van der Waals surface area contributed by atoms with Crippen molar-refractivity contribution in [1.29, 1.82) is 0 Å². The number of esters is 3. The number of unbranched alkanes of at least 4 members (excludes halogenated alkanes) is 1. The van der Waals surface area contributed by atoms with Gasteiger partial charge in [-0.25, -0.2) is 14.4 Å². The van der Waals surface area contributed by atoms with E-state index in [0.717, 1.165) is 11.6 Å². The van der Waals surface area contributed by atoms with E-state index in [-0.39, 0.29) is 0 Å². The molecule has 0 bridgehead atoms. The maximum Gasteiger partial charge on any atom is 0.343 e. The second-order valence-electron chi connectivity index (χ2n) is 7.48. The fourth-order valence-corrected chi connectivity index (χ4v) is 2.93. The van der Waals surface area contributed by atoms with Gasteiger partial charge in [-0.2, -0.15) is 0 Å². The van der Waals surface area contributed by atoms with Crippen LogP contribution in [-0.2, 0) is 14.3 Å². The number of carbonyl (C=O) groups excluding carboxylic acids is 3. The molecule has 7 nitrogen and oxygen atoms in total. The highest BCUT2D eigenvalue weighted by atomic mass is 16.5. The summed E-state index contributed by atoms with van der Waals surface area (Å²) in [7, 11) is 0. The van der Waals surface area contributed by atoms with Crippen molar-refractivity contribution in [2.45, 2.75) is 26.7 Å². The van der Waals surface area contributed by atoms with Crippen molar-refractivity contribution in [3.05, 3.63) is 109 Å². The number of hydrogen-bond donors (Lipinski definition) is 0. The normalized spacial score (nSPS) is 10.1. The summed E-state index contributed by atoms with van der Waals surface area (Å²) in [5, 5.41) is 0. The molecule has 3 aromatic carbocycles. The number of ether oxygens (including phenoxy) is 4. The van der Waals surface area contributed by atoms with Gasteiger partial charge in [0.1, 0.15) is 17.2 Å². The van der Waals surface area contributed by atoms with Crippen molar-refractivity contribution in [2.75, 3.05) is 13.2 Å². The average Bonchev–Trinajstić information content (AvgIpc) is 2.96. The Labute approximate surface area is 223 Å². The van der Waals surface area contributed by atoms with E-state index in [2.05, 4.69) is 6.58 Å². The van der Waals surface area contributed by atoms with E-state index in [9.17, 15) is 14.4 Å². The van der Waals surface area contributed by atoms with E-state index < -0.39 is 17.9 Å². The average molecular weight is 517 g/mol. The first-order valence-electron chi connectivity index (χ1n) is 12.3. The third-order valence-electron chi connectivity index (χ3n) is 4.77. The molecule has 0 spiro atoms. The summed E-state index contributed by atoms with van der Waals surface area (Å²) < 4.78 is 21.1. The molecule has 0 N–H and O–H groups in total. The van der Waals surface area contributed by atoms with E-state index in [0.29, 0.717) is 48.9 Å². The van der Waals surface area contributed by atoms with Crippen LogP contribution in [-0.4, -0.2) is 31.1 Å². The van der Waals surface area contributed by atoms with Crippen LogP contribution in [0.2, 0.25) is 0 Å². The molecule has 0 amide bonds. The lowest BCUT2D eigenvalue weighted by Gasteiger charge is -2.08. The molecule has 0 radical (unpaired) electrons. The quantitative estimate of drug-likeness (QED) is 0.118. The maximum absolute atomic E-state index is 12.4. The molecule has 38 heavy (non-hydrogen) atoms. The van der Waals surface area contributed by atoms with Crippen LogP contribution in [0.15, 0.2) is 97.6 Å². The molecule has 198 valence electrons. The van der Waals surface area contributed by atoms with Gasteiger partial charge in [0.05, 0.1) is 18.8 Å². The molecule has 0 aromatic heterocycles. The molecule has 0 heterocycles. The SMILES string of the molecule is C=CC(=O)OCCCCOc1ccc(C(=O)Oc2ccc(OC(=O)/C=C/c3ccccc3)cc2)cc1.CC. The lowest BCUT2D eigenvalue weighted by atomic mass is 10.2. The molecule has 0 unspecified atom stereocenters. The van der Waals surface area contributed by atoms with Gasteiger partial charge >= 0.3 is 17.9 Å². The number of rotatable bonds is 12. The third kappa shape index (κ3) is 11.0. The Balaban J connectivity index is 0.00000247. The summed E-state index contributed by atoms with van der Waals surface area (Å²) in [5.41, 5.74) is 1.25. The van der Waals surface area contributed by atoms with Crippen molar-refractivity contribution in [3.8, 4) is 17.2 Å². The molecular weight excluding hydrogens is 484 g/mol. The van der Waals surface area contributed by atoms with E-state index >= 15 is 0 Å². The second-order valence-corrected chi connectivity index (χ2v) is 7.48. The topological polar surface area (TPSA) is 88.1 Å². The van der Waals surface area contributed by atoms with Gasteiger partial charge in [0.15, 0.2) is 0 Å². The molecule has 0 saturated carbocycles. The molecule has 0 saturated heterocycles. The van der Waals surface area contributed by atoms with Gasteiger partial charge in [0.25, 0.3) is 0 Å². The lowest BCUT2D eigenvalue weighted by molar-refractivity contribution is -0.137. The summed E-state index contributed by atoms with van der Waals surface area (Å²) in [6.45, 7) is 8.10. The largest absolute Gasteiger partial charge is 0.494 e. The Morgan fingerprint density at radius 2 is 1.29 bits per heavy atom. The predicted molar refractivity (Wildman–Crippen MR) is 146 cm³/mol. The van der Waals surface area contributed by atoms with Gasteiger partial charge in [-0.1, -0.05) is 50.8 Å². The van der Waals surface area contributed by atoms with Crippen LogP contribution in [0.4, 0.5) is 0 Å². The van der Waals surface area contributed by atoms with Crippen molar-refractivity contribution < 1.29 is 33.3 Å². The van der Waals surface area contributed by atoms with Gasteiger partial charge in [-0.3, -0.25) is 0 Å². The highest BCUT2D eigenvalue weighted by molar-refractivity contribution is 5.91. The van der Waals surface area contributed by atoms with Crippen molar-refractivity contribution in [3.63, 3.8) is 0 Å². The monoisotopic (exact) mass is 516 g/mol. The molecule has 0 aliphatic heterocycles. The van der Waals surface area contributed by atoms with E-state index in [4.69, 9.17) is 18.9 Å². The molecule has 3 aromatic rings. The zero-order valence-electron chi connectivity index (χ0n) is 21.6. The Morgan fingerprint density at radius 1 is 0.711 bits per heavy atom. The molecule has 0 aliphatic carbocycles. The smallest absolute Gasteiger partial charge is 0.343 e. The second kappa shape index (κ2) is 16.9. The fraction of sp³-hybridized carbons (Fsp3) is 0.194. The number of hydrogen-bond acceptors (Lipinski definition) is 7. The lowest BCUT2D eigenvalue weighted by Crippen LogP contribution is -2.09. The molecular formula is C31H32O7. The Morgan fingerprint density at radius 3 is 1.92 bits per heavy atom. The number of benzene rings is 3. The zero-order chi connectivity index (χ0) is 27.6. The van der Waals surface area contributed by atoms with E-state index in [1.54, 1.807) is 54.6 Å². The first-order valence-corrected chi connectivity index (χ1v) is 12.3. The highest BCUT2D eigenvalue weighted by Crippen LogP contribution is 2.20. The highest BCUT2D eigenvalue weighted by Gasteiger charge is 2.10. The third-order valence-corrected chi connectivity index (χ3v) is 4.77.